The molecule has 0 radical (unpaired) electrons. The van der Waals surface area contributed by atoms with Crippen LogP contribution in [-0.2, 0) is 14.3 Å². The Bertz CT molecular complexity index is 430. The standard InChI is InChI=1S/C23H40O4/c1-2-3-4-5-6-7-8-9-10-11-12-13-16-19-27-23(26)21-18-15-14-17-20(21)22(24)25/h5-6,20-21H,2-4,7-19H2,1H3,(H,24,25)/b6-5+. The fourth-order valence-electron chi connectivity index (χ4n) is 3.79. The smallest absolute Gasteiger partial charge is 0.309 e. The summed E-state index contributed by atoms with van der Waals surface area (Å²) in [5.41, 5.74) is 0. The van der Waals surface area contributed by atoms with E-state index in [1.807, 2.05) is 0 Å². The molecule has 0 saturated heterocycles. The van der Waals surface area contributed by atoms with Crippen molar-refractivity contribution in [3.8, 4) is 0 Å². The Labute approximate surface area is 165 Å². The van der Waals surface area contributed by atoms with Crippen molar-refractivity contribution in [2.45, 2.75) is 103 Å². The lowest BCUT2D eigenvalue weighted by atomic mass is 9.79. The third kappa shape index (κ3) is 11.2. The highest BCUT2D eigenvalue weighted by atomic mass is 16.5. The molecule has 2 unspecified atom stereocenters. The van der Waals surface area contributed by atoms with Gasteiger partial charge in [0.1, 0.15) is 0 Å². The first-order valence-corrected chi connectivity index (χ1v) is 11.2. The number of aliphatic carboxylic acids is 1. The number of allylic oxidation sites excluding steroid dienone is 2. The summed E-state index contributed by atoms with van der Waals surface area (Å²) in [6, 6.07) is 0. The van der Waals surface area contributed by atoms with Crippen LogP contribution < -0.4 is 0 Å². The minimum atomic E-state index is -0.854. The van der Waals surface area contributed by atoms with Crippen molar-refractivity contribution < 1.29 is 19.4 Å². The molecule has 27 heavy (non-hydrogen) atoms. The summed E-state index contributed by atoms with van der Waals surface area (Å²) in [4.78, 5) is 23.4. The van der Waals surface area contributed by atoms with E-state index in [2.05, 4.69) is 19.1 Å². The average molecular weight is 381 g/mol. The Morgan fingerprint density at radius 1 is 0.852 bits per heavy atom. The van der Waals surface area contributed by atoms with Crippen LogP contribution >= 0.6 is 0 Å². The Balaban J connectivity index is 1.94. The van der Waals surface area contributed by atoms with Gasteiger partial charge in [-0.1, -0.05) is 76.9 Å². The lowest BCUT2D eigenvalue weighted by Gasteiger charge is -2.26. The second-order valence-electron chi connectivity index (χ2n) is 7.88. The van der Waals surface area contributed by atoms with Crippen LogP contribution in [0, 0.1) is 11.8 Å². The maximum absolute atomic E-state index is 12.1. The summed E-state index contributed by atoms with van der Waals surface area (Å²) in [7, 11) is 0. The number of unbranched alkanes of at least 4 members (excludes halogenated alkanes) is 9. The van der Waals surface area contributed by atoms with Crippen molar-refractivity contribution >= 4 is 11.9 Å². The first-order chi connectivity index (χ1) is 13.2. The molecular formula is C23H40O4. The van der Waals surface area contributed by atoms with E-state index in [9.17, 15) is 14.7 Å². The Hall–Kier alpha value is -1.32. The summed E-state index contributed by atoms with van der Waals surface area (Å²) in [5.74, 6) is -2.14. The highest BCUT2D eigenvalue weighted by molar-refractivity contribution is 5.81. The van der Waals surface area contributed by atoms with Crippen LogP contribution in [0.2, 0.25) is 0 Å². The molecule has 0 aromatic heterocycles. The van der Waals surface area contributed by atoms with E-state index in [0.29, 0.717) is 19.4 Å². The van der Waals surface area contributed by atoms with Crippen molar-refractivity contribution in [1.29, 1.82) is 0 Å². The molecule has 1 N–H and O–H groups in total. The second-order valence-corrected chi connectivity index (χ2v) is 7.88. The lowest BCUT2D eigenvalue weighted by molar-refractivity contribution is -0.159. The topological polar surface area (TPSA) is 63.6 Å². The van der Waals surface area contributed by atoms with Crippen LogP contribution in [0.3, 0.4) is 0 Å². The molecule has 1 fully saturated rings. The van der Waals surface area contributed by atoms with Crippen LogP contribution in [0.1, 0.15) is 103 Å². The molecule has 1 rings (SSSR count). The number of carboxylic acid groups (broad SMARTS) is 1. The number of carbonyl (C=O) groups is 2. The molecule has 0 aromatic carbocycles. The molecule has 0 aromatic rings. The highest BCUT2D eigenvalue weighted by Gasteiger charge is 2.36. The zero-order valence-electron chi connectivity index (χ0n) is 17.3. The molecule has 156 valence electrons. The van der Waals surface area contributed by atoms with E-state index in [1.54, 1.807) is 0 Å². The fraction of sp³-hybridized carbons (Fsp3) is 0.826. The first kappa shape index (κ1) is 23.7. The van der Waals surface area contributed by atoms with Gasteiger partial charge in [0.15, 0.2) is 0 Å². The predicted octanol–water partition coefficient (Wildman–Crippen LogP) is 6.29. The summed E-state index contributed by atoms with van der Waals surface area (Å²) >= 11 is 0. The molecule has 0 amide bonds. The van der Waals surface area contributed by atoms with Gasteiger partial charge in [-0.15, -0.1) is 0 Å². The molecule has 1 aliphatic carbocycles. The summed E-state index contributed by atoms with van der Waals surface area (Å²) < 4.78 is 5.35. The van der Waals surface area contributed by atoms with Gasteiger partial charge >= 0.3 is 11.9 Å². The van der Waals surface area contributed by atoms with Gasteiger partial charge < -0.3 is 9.84 Å². The minimum absolute atomic E-state index is 0.297. The lowest BCUT2D eigenvalue weighted by Crippen LogP contribution is -2.33. The van der Waals surface area contributed by atoms with Crippen LogP contribution in [-0.4, -0.2) is 23.7 Å². The molecule has 2 atom stereocenters. The summed E-state index contributed by atoms with van der Waals surface area (Å²) in [6.45, 7) is 2.66. The molecule has 0 aliphatic heterocycles. The van der Waals surface area contributed by atoms with Gasteiger partial charge in [0.25, 0.3) is 0 Å². The molecule has 1 saturated carbocycles. The molecule has 0 bridgehead atoms. The van der Waals surface area contributed by atoms with E-state index >= 15 is 0 Å². The maximum Gasteiger partial charge on any atom is 0.309 e. The van der Waals surface area contributed by atoms with E-state index in [4.69, 9.17) is 4.74 Å². The van der Waals surface area contributed by atoms with Crippen LogP contribution in [0.25, 0.3) is 0 Å². The number of carbonyl (C=O) groups excluding carboxylic acids is 1. The van der Waals surface area contributed by atoms with Gasteiger partial charge in [-0.3, -0.25) is 9.59 Å². The van der Waals surface area contributed by atoms with Gasteiger partial charge in [0.05, 0.1) is 18.4 Å². The Morgan fingerprint density at radius 3 is 2.04 bits per heavy atom. The average Bonchev–Trinajstić information content (AvgIpc) is 2.68. The summed E-state index contributed by atoms with van der Waals surface area (Å²) in [6.07, 6.45) is 21.0. The van der Waals surface area contributed by atoms with Crippen molar-refractivity contribution in [2.75, 3.05) is 6.61 Å². The largest absolute Gasteiger partial charge is 0.481 e. The zero-order chi connectivity index (χ0) is 19.7. The zero-order valence-corrected chi connectivity index (χ0v) is 17.3. The Kier molecular flexibility index (Phi) is 13.8. The molecule has 4 nitrogen and oxygen atoms in total. The number of rotatable bonds is 15. The van der Waals surface area contributed by atoms with Gasteiger partial charge in [-0.25, -0.2) is 0 Å². The van der Waals surface area contributed by atoms with Crippen molar-refractivity contribution in [3.63, 3.8) is 0 Å². The van der Waals surface area contributed by atoms with Crippen molar-refractivity contribution in [3.05, 3.63) is 12.2 Å². The number of hydrogen-bond acceptors (Lipinski definition) is 3. The first-order valence-electron chi connectivity index (χ1n) is 11.2. The van der Waals surface area contributed by atoms with E-state index in [-0.39, 0.29) is 5.97 Å². The number of carboxylic acids is 1. The molecule has 1 aliphatic rings. The maximum atomic E-state index is 12.1. The number of esters is 1. The SMILES string of the molecule is CCCC/C=C/CCCCCCCCCOC(=O)C1CCCCC1C(=O)O. The van der Waals surface area contributed by atoms with E-state index in [0.717, 1.165) is 25.7 Å². The minimum Gasteiger partial charge on any atom is -0.481 e. The van der Waals surface area contributed by atoms with Gasteiger partial charge in [0.2, 0.25) is 0 Å². The number of ether oxygens (including phenoxy) is 1. The third-order valence-corrected chi connectivity index (χ3v) is 5.54. The third-order valence-electron chi connectivity index (χ3n) is 5.54. The normalized spacial score (nSPS) is 20.0. The Morgan fingerprint density at radius 2 is 1.41 bits per heavy atom. The molecule has 0 heterocycles. The van der Waals surface area contributed by atoms with E-state index in [1.165, 1.54) is 57.8 Å². The van der Waals surface area contributed by atoms with Crippen LogP contribution in [0.15, 0.2) is 12.2 Å². The predicted molar refractivity (Wildman–Crippen MR) is 110 cm³/mol. The van der Waals surface area contributed by atoms with Crippen molar-refractivity contribution in [2.24, 2.45) is 11.8 Å². The van der Waals surface area contributed by atoms with Gasteiger partial charge in [-0.05, 0) is 38.5 Å². The second kappa shape index (κ2) is 15.7. The van der Waals surface area contributed by atoms with Crippen LogP contribution in [0.5, 0.6) is 0 Å². The van der Waals surface area contributed by atoms with E-state index < -0.39 is 17.8 Å². The number of hydrogen-bond donors (Lipinski definition) is 1. The van der Waals surface area contributed by atoms with Gasteiger partial charge in [0, 0.05) is 0 Å². The van der Waals surface area contributed by atoms with Crippen LogP contribution in [0.4, 0.5) is 0 Å². The summed E-state index contributed by atoms with van der Waals surface area (Å²) in [5, 5.41) is 9.24. The fourth-order valence-corrected chi connectivity index (χ4v) is 3.79. The molecular weight excluding hydrogens is 340 g/mol. The van der Waals surface area contributed by atoms with Gasteiger partial charge in [-0.2, -0.15) is 0 Å². The quantitative estimate of drug-likeness (QED) is 0.206. The van der Waals surface area contributed by atoms with Crippen molar-refractivity contribution in [1.82, 2.24) is 0 Å². The monoisotopic (exact) mass is 380 g/mol. The highest BCUT2D eigenvalue weighted by Crippen LogP contribution is 2.31. The molecule has 4 heteroatoms. The molecule has 0 spiro atoms.